The Morgan fingerprint density at radius 2 is 2.22 bits per heavy atom. The van der Waals surface area contributed by atoms with Crippen molar-refractivity contribution in [2.45, 2.75) is 13.0 Å². The Kier molecular flexibility index (Phi) is 3.89. The van der Waals surface area contributed by atoms with Crippen molar-refractivity contribution in [1.82, 2.24) is 9.55 Å². The van der Waals surface area contributed by atoms with Crippen LogP contribution < -0.4 is 10.5 Å². The van der Waals surface area contributed by atoms with Crippen LogP contribution in [-0.2, 0) is 20.0 Å². The standard InChI is InChI=1S/C13H16ClN3O/c1-17-8-11(7-15)16-13(17)6-9-5-10(14)3-4-12(9)18-2/h3-5,8H,6-7,15H2,1-2H3. The number of halogens is 1. The van der Waals surface area contributed by atoms with Crippen molar-refractivity contribution in [2.24, 2.45) is 12.8 Å². The summed E-state index contributed by atoms with van der Waals surface area (Å²) in [5.74, 6) is 1.76. The van der Waals surface area contributed by atoms with E-state index in [0.717, 1.165) is 22.8 Å². The van der Waals surface area contributed by atoms with Gasteiger partial charge in [0.25, 0.3) is 0 Å². The molecule has 0 spiro atoms. The molecule has 2 N–H and O–H groups in total. The van der Waals surface area contributed by atoms with Crippen LogP contribution in [0.4, 0.5) is 0 Å². The SMILES string of the molecule is COc1ccc(Cl)cc1Cc1nc(CN)cn1C. The first-order chi connectivity index (χ1) is 8.63. The number of imidazole rings is 1. The lowest BCUT2D eigenvalue weighted by atomic mass is 10.1. The summed E-state index contributed by atoms with van der Waals surface area (Å²) in [6.07, 6.45) is 2.60. The molecule has 0 fully saturated rings. The molecule has 2 aromatic rings. The lowest BCUT2D eigenvalue weighted by Crippen LogP contribution is -2.01. The molecule has 5 heteroatoms. The molecule has 2 rings (SSSR count). The highest BCUT2D eigenvalue weighted by atomic mass is 35.5. The van der Waals surface area contributed by atoms with Crippen molar-refractivity contribution in [3.63, 3.8) is 0 Å². The Balaban J connectivity index is 2.32. The van der Waals surface area contributed by atoms with Crippen LogP contribution in [0.5, 0.6) is 5.75 Å². The van der Waals surface area contributed by atoms with Crippen molar-refractivity contribution < 1.29 is 4.74 Å². The summed E-state index contributed by atoms with van der Waals surface area (Å²) >= 11 is 6.01. The van der Waals surface area contributed by atoms with Crippen LogP contribution in [0.15, 0.2) is 24.4 Å². The molecule has 0 aliphatic rings. The monoisotopic (exact) mass is 265 g/mol. The van der Waals surface area contributed by atoms with Crippen molar-refractivity contribution in [3.05, 3.63) is 46.5 Å². The number of ether oxygens (including phenoxy) is 1. The molecule has 0 atom stereocenters. The molecule has 0 aliphatic heterocycles. The fourth-order valence-corrected chi connectivity index (χ4v) is 2.08. The maximum atomic E-state index is 6.01. The fraction of sp³-hybridized carbons (Fsp3) is 0.308. The van der Waals surface area contributed by atoms with E-state index < -0.39 is 0 Å². The van der Waals surface area contributed by atoms with Gasteiger partial charge in [0.2, 0.25) is 0 Å². The molecule has 0 radical (unpaired) electrons. The molecule has 0 saturated heterocycles. The molecule has 0 aliphatic carbocycles. The van der Waals surface area contributed by atoms with Gasteiger partial charge in [-0.25, -0.2) is 4.98 Å². The van der Waals surface area contributed by atoms with Gasteiger partial charge in [0.15, 0.2) is 0 Å². The number of rotatable bonds is 4. The van der Waals surface area contributed by atoms with E-state index in [1.54, 1.807) is 7.11 Å². The summed E-state index contributed by atoms with van der Waals surface area (Å²) in [6.45, 7) is 0.445. The third kappa shape index (κ3) is 2.66. The van der Waals surface area contributed by atoms with E-state index in [2.05, 4.69) is 4.98 Å². The number of methoxy groups -OCH3 is 1. The third-order valence-electron chi connectivity index (χ3n) is 2.82. The smallest absolute Gasteiger partial charge is 0.122 e. The summed E-state index contributed by atoms with van der Waals surface area (Å²) in [5, 5.41) is 0.694. The van der Waals surface area contributed by atoms with E-state index in [-0.39, 0.29) is 0 Å². The molecular weight excluding hydrogens is 250 g/mol. The van der Waals surface area contributed by atoms with Gasteiger partial charge in [-0.3, -0.25) is 0 Å². The minimum absolute atomic E-state index is 0.445. The van der Waals surface area contributed by atoms with Crippen LogP contribution in [-0.4, -0.2) is 16.7 Å². The number of hydrogen-bond acceptors (Lipinski definition) is 3. The first kappa shape index (κ1) is 12.9. The lowest BCUT2D eigenvalue weighted by Gasteiger charge is -2.08. The quantitative estimate of drug-likeness (QED) is 0.921. The maximum Gasteiger partial charge on any atom is 0.122 e. The van der Waals surface area contributed by atoms with Gasteiger partial charge in [0.05, 0.1) is 12.8 Å². The third-order valence-corrected chi connectivity index (χ3v) is 3.06. The van der Waals surface area contributed by atoms with E-state index in [1.165, 1.54) is 0 Å². The van der Waals surface area contributed by atoms with Gasteiger partial charge in [0, 0.05) is 36.8 Å². The number of hydrogen-bond donors (Lipinski definition) is 1. The Labute approximate surface area is 111 Å². The Hall–Kier alpha value is -1.52. The molecule has 0 amide bonds. The normalized spacial score (nSPS) is 10.7. The Morgan fingerprint density at radius 3 is 2.83 bits per heavy atom. The summed E-state index contributed by atoms with van der Waals surface area (Å²) in [5.41, 5.74) is 7.48. The molecule has 0 saturated carbocycles. The first-order valence-electron chi connectivity index (χ1n) is 5.67. The number of aromatic nitrogens is 2. The number of benzene rings is 1. The summed E-state index contributed by atoms with van der Waals surface area (Å²) < 4.78 is 7.30. The van der Waals surface area contributed by atoms with E-state index in [4.69, 9.17) is 22.1 Å². The van der Waals surface area contributed by atoms with Gasteiger partial charge in [-0.05, 0) is 18.2 Å². The zero-order valence-corrected chi connectivity index (χ0v) is 11.2. The van der Waals surface area contributed by atoms with Crippen LogP contribution in [0.3, 0.4) is 0 Å². The van der Waals surface area contributed by atoms with Gasteiger partial charge in [0.1, 0.15) is 11.6 Å². The van der Waals surface area contributed by atoms with Crippen LogP contribution in [0.2, 0.25) is 5.02 Å². The van der Waals surface area contributed by atoms with Gasteiger partial charge in [-0.15, -0.1) is 0 Å². The van der Waals surface area contributed by atoms with Crippen molar-refractivity contribution in [1.29, 1.82) is 0 Å². The van der Waals surface area contributed by atoms with Crippen LogP contribution in [0.1, 0.15) is 17.1 Å². The topological polar surface area (TPSA) is 53.1 Å². The molecular formula is C13H16ClN3O. The van der Waals surface area contributed by atoms with Crippen molar-refractivity contribution in [3.8, 4) is 5.75 Å². The number of aryl methyl sites for hydroxylation is 1. The molecule has 96 valence electrons. The number of nitrogens with two attached hydrogens (primary N) is 1. The van der Waals surface area contributed by atoms with Gasteiger partial charge < -0.3 is 15.0 Å². The summed E-state index contributed by atoms with van der Waals surface area (Å²) in [6, 6.07) is 5.58. The first-order valence-corrected chi connectivity index (χ1v) is 6.05. The highest BCUT2D eigenvalue weighted by molar-refractivity contribution is 6.30. The zero-order valence-electron chi connectivity index (χ0n) is 10.5. The fourth-order valence-electron chi connectivity index (χ4n) is 1.89. The summed E-state index contributed by atoms with van der Waals surface area (Å²) in [7, 11) is 3.61. The van der Waals surface area contributed by atoms with Crippen molar-refractivity contribution >= 4 is 11.6 Å². The molecule has 1 aromatic heterocycles. The Bertz CT molecular complexity index is 551. The van der Waals surface area contributed by atoms with Gasteiger partial charge >= 0.3 is 0 Å². The molecule has 18 heavy (non-hydrogen) atoms. The van der Waals surface area contributed by atoms with E-state index in [9.17, 15) is 0 Å². The molecule has 1 aromatic carbocycles. The Morgan fingerprint density at radius 1 is 1.44 bits per heavy atom. The zero-order chi connectivity index (χ0) is 13.1. The minimum Gasteiger partial charge on any atom is -0.496 e. The van der Waals surface area contributed by atoms with E-state index >= 15 is 0 Å². The highest BCUT2D eigenvalue weighted by Crippen LogP contribution is 2.24. The van der Waals surface area contributed by atoms with Crippen LogP contribution in [0.25, 0.3) is 0 Å². The molecule has 4 nitrogen and oxygen atoms in total. The molecule has 0 unspecified atom stereocenters. The van der Waals surface area contributed by atoms with Crippen molar-refractivity contribution in [2.75, 3.05) is 7.11 Å². The van der Waals surface area contributed by atoms with E-state index in [1.807, 2.05) is 36.0 Å². The number of nitrogens with zero attached hydrogens (tertiary/aromatic N) is 2. The van der Waals surface area contributed by atoms with E-state index in [0.29, 0.717) is 18.0 Å². The van der Waals surface area contributed by atoms with Crippen LogP contribution >= 0.6 is 11.6 Å². The predicted molar refractivity (Wildman–Crippen MR) is 71.9 cm³/mol. The molecule has 1 heterocycles. The second kappa shape index (κ2) is 5.42. The predicted octanol–water partition coefficient (Wildman–Crippen LogP) is 2.13. The average molecular weight is 266 g/mol. The maximum absolute atomic E-state index is 6.01. The molecule has 0 bridgehead atoms. The average Bonchev–Trinajstić information content (AvgIpc) is 2.71. The minimum atomic E-state index is 0.445. The highest BCUT2D eigenvalue weighted by Gasteiger charge is 2.09. The van der Waals surface area contributed by atoms with Gasteiger partial charge in [-0.1, -0.05) is 11.6 Å². The lowest BCUT2D eigenvalue weighted by molar-refractivity contribution is 0.410. The van der Waals surface area contributed by atoms with Gasteiger partial charge in [-0.2, -0.15) is 0 Å². The van der Waals surface area contributed by atoms with Crippen LogP contribution in [0, 0.1) is 0 Å². The largest absolute Gasteiger partial charge is 0.496 e. The second-order valence-corrected chi connectivity index (χ2v) is 4.53. The summed E-state index contributed by atoms with van der Waals surface area (Å²) in [4.78, 5) is 4.47. The second-order valence-electron chi connectivity index (χ2n) is 4.10.